The fourth-order valence-electron chi connectivity index (χ4n) is 3.43. The fourth-order valence-corrected chi connectivity index (χ4v) is 4.29. The molecular formula is C21H21N5O4S. The molecule has 3 aromatic rings. The van der Waals surface area contributed by atoms with Crippen LogP contribution < -0.4 is 4.74 Å². The molecule has 160 valence electrons. The van der Waals surface area contributed by atoms with Crippen molar-refractivity contribution in [1.82, 2.24) is 19.7 Å². The zero-order valence-corrected chi connectivity index (χ0v) is 17.7. The van der Waals surface area contributed by atoms with Gasteiger partial charge in [-0.1, -0.05) is 11.8 Å². The third-order valence-corrected chi connectivity index (χ3v) is 6.00. The highest BCUT2D eigenvalue weighted by Gasteiger charge is 2.21. The van der Waals surface area contributed by atoms with Crippen LogP contribution in [0, 0.1) is 10.1 Å². The molecule has 0 N–H and O–H groups in total. The molecule has 0 spiro atoms. The zero-order valence-electron chi connectivity index (χ0n) is 16.9. The zero-order chi connectivity index (χ0) is 21.8. The molecule has 1 aromatic heterocycles. The average Bonchev–Trinajstić information content (AvgIpc) is 3.48. The van der Waals surface area contributed by atoms with Gasteiger partial charge < -0.3 is 9.64 Å². The van der Waals surface area contributed by atoms with Gasteiger partial charge in [-0.3, -0.25) is 19.5 Å². The van der Waals surface area contributed by atoms with Crippen LogP contribution >= 0.6 is 11.8 Å². The van der Waals surface area contributed by atoms with Gasteiger partial charge in [-0.2, -0.15) is 0 Å². The van der Waals surface area contributed by atoms with Crippen molar-refractivity contribution in [3.63, 3.8) is 0 Å². The Morgan fingerprint density at radius 3 is 2.39 bits per heavy atom. The number of non-ortho nitro benzene ring substituents is 1. The highest BCUT2D eigenvalue weighted by molar-refractivity contribution is 7.99. The molecule has 10 heteroatoms. The van der Waals surface area contributed by atoms with Crippen molar-refractivity contribution >= 4 is 23.4 Å². The number of hydrogen-bond acceptors (Lipinski definition) is 7. The van der Waals surface area contributed by atoms with Crippen molar-refractivity contribution in [3.05, 3.63) is 58.6 Å². The molecule has 9 nitrogen and oxygen atoms in total. The van der Waals surface area contributed by atoms with Crippen molar-refractivity contribution in [2.45, 2.75) is 18.0 Å². The molecule has 1 saturated heterocycles. The molecule has 1 aliphatic rings. The molecule has 1 aliphatic heterocycles. The molecule has 1 fully saturated rings. The second-order valence-electron chi connectivity index (χ2n) is 7.02. The van der Waals surface area contributed by atoms with Gasteiger partial charge >= 0.3 is 0 Å². The number of rotatable bonds is 7. The van der Waals surface area contributed by atoms with Gasteiger partial charge in [-0.25, -0.2) is 0 Å². The number of nitro benzene ring substituents is 1. The number of benzene rings is 2. The van der Waals surface area contributed by atoms with Gasteiger partial charge in [0.2, 0.25) is 5.91 Å². The van der Waals surface area contributed by atoms with Crippen LogP contribution in [0.3, 0.4) is 0 Å². The molecule has 0 saturated carbocycles. The first-order valence-electron chi connectivity index (χ1n) is 9.82. The van der Waals surface area contributed by atoms with Crippen LogP contribution in [-0.2, 0) is 4.79 Å². The Hall–Kier alpha value is -3.40. The summed E-state index contributed by atoms with van der Waals surface area (Å²) in [7, 11) is 1.60. The van der Waals surface area contributed by atoms with Crippen LogP contribution in [0.4, 0.5) is 5.69 Å². The third kappa shape index (κ3) is 4.53. The van der Waals surface area contributed by atoms with E-state index in [0.29, 0.717) is 22.3 Å². The minimum absolute atomic E-state index is 0.00470. The van der Waals surface area contributed by atoms with E-state index in [1.807, 2.05) is 33.7 Å². The smallest absolute Gasteiger partial charge is 0.269 e. The Balaban J connectivity index is 1.67. The average molecular weight is 439 g/mol. The second kappa shape index (κ2) is 9.17. The Morgan fingerprint density at radius 1 is 1.10 bits per heavy atom. The van der Waals surface area contributed by atoms with Crippen molar-refractivity contribution < 1.29 is 14.5 Å². The van der Waals surface area contributed by atoms with Crippen LogP contribution in [0.1, 0.15) is 12.8 Å². The van der Waals surface area contributed by atoms with Crippen molar-refractivity contribution in [1.29, 1.82) is 0 Å². The first-order chi connectivity index (χ1) is 15.1. The van der Waals surface area contributed by atoms with Gasteiger partial charge in [0.25, 0.3) is 5.69 Å². The first-order valence-corrected chi connectivity index (χ1v) is 10.8. The number of methoxy groups -OCH3 is 1. The van der Waals surface area contributed by atoms with Gasteiger partial charge in [-0.15, -0.1) is 10.2 Å². The number of likely N-dealkylation sites (tertiary alicyclic amines) is 1. The molecule has 2 aromatic carbocycles. The van der Waals surface area contributed by atoms with Crippen LogP contribution in [0.5, 0.6) is 5.75 Å². The predicted octanol–water partition coefficient (Wildman–Crippen LogP) is 3.57. The molecule has 4 rings (SSSR count). The van der Waals surface area contributed by atoms with Crippen molar-refractivity contribution in [3.8, 4) is 22.8 Å². The van der Waals surface area contributed by atoms with E-state index in [1.54, 1.807) is 19.2 Å². The monoisotopic (exact) mass is 439 g/mol. The second-order valence-corrected chi connectivity index (χ2v) is 7.96. The molecular weight excluding hydrogens is 418 g/mol. The molecule has 31 heavy (non-hydrogen) atoms. The van der Waals surface area contributed by atoms with Gasteiger partial charge in [-0.05, 0) is 49.2 Å². The number of aromatic nitrogens is 3. The maximum absolute atomic E-state index is 12.5. The van der Waals surface area contributed by atoms with Gasteiger partial charge in [0, 0.05) is 36.5 Å². The summed E-state index contributed by atoms with van der Waals surface area (Å²) in [6.07, 6.45) is 2.09. The summed E-state index contributed by atoms with van der Waals surface area (Å²) in [4.78, 5) is 24.9. The summed E-state index contributed by atoms with van der Waals surface area (Å²) < 4.78 is 7.09. The van der Waals surface area contributed by atoms with Gasteiger partial charge in [0.05, 0.1) is 17.8 Å². The molecule has 2 heterocycles. The number of hydrogen-bond donors (Lipinski definition) is 0. The summed E-state index contributed by atoms with van der Waals surface area (Å²) in [6.45, 7) is 1.61. The molecule has 0 atom stereocenters. The lowest BCUT2D eigenvalue weighted by molar-refractivity contribution is -0.384. The van der Waals surface area contributed by atoms with Crippen LogP contribution in [0.15, 0.2) is 53.7 Å². The summed E-state index contributed by atoms with van der Waals surface area (Å²) in [5, 5.41) is 20.2. The van der Waals surface area contributed by atoms with E-state index in [1.165, 1.54) is 23.9 Å². The quantitative estimate of drug-likeness (QED) is 0.315. The van der Waals surface area contributed by atoms with E-state index >= 15 is 0 Å². The number of ether oxygens (including phenoxy) is 1. The minimum Gasteiger partial charge on any atom is -0.497 e. The van der Waals surface area contributed by atoms with Gasteiger partial charge in [0.15, 0.2) is 11.0 Å². The highest BCUT2D eigenvalue weighted by Crippen LogP contribution is 2.30. The lowest BCUT2D eigenvalue weighted by atomic mass is 10.2. The Morgan fingerprint density at radius 2 is 1.77 bits per heavy atom. The van der Waals surface area contributed by atoms with Crippen molar-refractivity contribution in [2.24, 2.45) is 0 Å². The predicted molar refractivity (Wildman–Crippen MR) is 117 cm³/mol. The number of nitrogens with zero attached hydrogens (tertiary/aromatic N) is 5. The normalized spacial score (nSPS) is 13.4. The molecule has 0 aliphatic carbocycles. The molecule has 0 bridgehead atoms. The third-order valence-electron chi connectivity index (χ3n) is 5.08. The van der Waals surface area contributed by atoms with E-state index in [-0.39, 0.29) is 17.3 Å². The van der Waals surface area contributed by atoms with E-state index < -0.39 is 4.92 Å². The van der Waals surface area contributed by atoms with Crippen LogP contribution in [0.25, 0.3) is 17.1 Å². The van der Waals surface area contributed by atoms with E-state index in [0.717, 1.165) is 31.6 Å². The largest absolute Gasteiger partial charge is 0.497 e. The van der Waals surface area contributed by atoms with E-state index in [4.69, 9.17) is 4.74 Å². The Kier molecular flexibility index (Phi) is 6.17. The highest BCUT2D eigenvalue weighted by atomic mass is 32.2. The Bertz CT molecular complexity index is 1080. The molecule has 0 unspecified atom stereocenters. The molecule has 1 amide bonds. The number of thioether (sulfide) groups is 1. The van der Waals surface area contributed by atoms with Crippen LogP contribution in [0.2, 0.25) is 0 Å². The van der Waals surface area contributed by atoms with Crippen LogP contribution in [-0.4, -0.2) is 56.4 Å². The number of carbonyl (C=O) groups is 1. The Labute approximate surface area is 183 Å². The van der Waals surface area contributed by atoms with E-state index in [9.17, 15) is 14.9 Å². The van der Waals surface area contributed by atoms with Crippen molar-refractivity contribution in [2.75, 3.05) is 26.0 Å². The van der Waals surface area contributed by atoms with Gasteiger partial charge in [0.1, 0.15) is 5.75 Å². The number of nitro groups is 1. The first kappa shape index (κ1) is 20.9. The number of amides is 1. The van der Waals surface area contributed by atoms with E-state index in [2.05, 4.69) is 10.2 Å². The summed E-state index contributed by atoms with van der Waals surface area (Å²) >= 11 is 1.33. The maximum Gasteiger partial charge on any atom is 0.269 e. The summed E-state index contributed by atoms with van der Waals surface area (Å²) in [5.74, 6) is 1.61. The molecule has 0 radical (unpaired) electrons. The SMILES string of the molecule is COc1ccc(-n2c(SCC(=O)N3CCCC3)nnc2-c2ccc([N+](=O)[O-])cc2)cc1. The lowest BCUT2D eigenvalue weighted by Gasteiger charge is -2.15. The number of carbonyl (C=O) groups excluding carboxylic acids is 1. The topological polar surface area (TPSA) is 103 Å². The summed E-state index contributed by atoms with van der Waals surface area (Å²) in [6, 6.07) is 13.6. The fraction of sp³-hybridized carbons (Fsp3) is 0.286. The standard InChI is InChI=1S/C21H21N5O4S/c1-30-18-10-8-16(9-11-18)25-20(15-4-6-17(7-5-15)26(28)29)22-23-21(25)31-14-19(27)24-12-2-3-13-24/h4-11H,2-3,12-14H2,1H3. The minimum atomic E-state index is -0.441. The lowest BCUT2D eigenvalue weighted by Crippen LogP contribution is -2.29. The maximum atomic E-state index is 12.5. The summed E-state index contributed by atoms with van der Waals surface area (Å²) in [5.41, 5.74) is 1.49.